The van der Waals surface area contributed by atoms with E-state index in [0.29, 0.717) is 19.8 Å². The average Bonchev–Trinajstić information content (AvgIpc) is 2.42. The first-order chi connectivity index (χ1) is 9.56. The maximum Gasteiger partial charge on any atom is 0.240 e. The van der Waals surface area contributed by atoms with E-state index in [1.807, 2.05) is 13.8 Å². The summed E-state index contributed by atoms with van der Waals surface area (Å²) in [5, 5.41) is 0. The van der Waals surface area contributed by atoms with Gasteiger partial charge in [-0.15, -0.1) is 0 Å². The summed E-state index contributed by atoms with van der Waals surface area (Å²) in [6.45, 7) is 6.29. The molecule has 0 aromatic heterocycles. The molecule has 1 aromatic carbocycles. The molecule has 0 aliphatic carbocycles. The molecule has 0 heterocycles. The maximum atomic E-state index is 11.9. The van der Waals surface area contributed by atoms with Gasteiger partial charge in [0.25, 0.3) is 0 Å². The fourth-order valence-corrected chi connectivity index (χ4v) is 2.53. The minimum atomic E-state index is -3.44. The molecule has 1 aromatic rings. The monoisotopic (exact) mass is 301 g/mol. The molecule has 0 amide bonds. The molecule has 1 N–H and O–H groups in total. The van der Waals surface area contributed by atoms with Crippen molar-refractivity contribution in [3.05, 3.63) is 29.8 Å². The van der Waals surface area contributed by atoms with Crippen molar-refractivity contribution in [1.82, 2.24) is 4.72 Å². The smallest absolute Gasteiger partial charge is 0.240 e. The van der Waals surface area contributed by atoms with Crippen molar-refractivity contribution in [2.45, 2.75) is 25.2 Å². The third-order valence-corrected chi connectivity index (χ3v) is 4.07. The average molecular weight is 301 g/mol. The summed E-state index contributed by atoms with van der Waals surface area (Å²) in [5.41, 5.74) is 1.03. The van der Waals surface area contributed by atoms with E-state index >= 15 is 0 Å². The van der Waals surface area contributed by atoms with Crippen LogP contribution in [0.25, 0.3) is 0 Å². The summed E-state index contributed by atoms with van der Waals surface area (Å²) < 4.78 is 36.9. The maximum absolute atomic E-state index is 11.9. The molecule has 0 atom stereocenters. The molecule has 0 radical (unpaired) electrons. The SMILES string of the molecule is CCCOCCOCCNS(=O)(=O)c1ccc(C)cc1. The molecule has 0 aliphatic heterocycles. The van der Waals surface area contributed by atoms with Gasteiger partial charge in [-0.25, -0.2) is 13.1 Å². The van der Waals surface area contributed by atoms with Crippen LogP contribution in [0.15, 0.2) is 29.2 Å². The molecule has 0 spiro atoms. The number of hydrogen-bond acceptors (Lipinski definition) is 4. The zero-order valence-electron chi connectivity index (χ0n) is 12.1. The van der Waals surface area contributed by atoms with Gasteiger partial charge >= 0.3 is 0 Å². The summed E-state index contributed by atoms with van der Waals surface area (Å²) in [6.07, 6.45) is 0.982. The Morgan fingerprint density at radius 1 is 1.00 bits per heavy atom. The van der Waals surface area contributed by atoms with Gasteiger partial charge in [-0.2, -0.15) is 0 Å². The predicted octanol–water partition coefficient (Wildman–Crippen LogP) is 1.72. The van der Waals surface area contributed by atoms with Gasteiger partial charge in [0.2, 0.25) is 10.0 Å². The number of sulfonamides is 1. The highest BCUT2D eigenvalue weighted by Gasteiger charge is 2.12. The largest absolute Gasteiger partial charge is 0.379 e. The van der Waals surface area contributed by atoms with Crippen molar-refractivity contribution in [2.75, 3.05) is 33.0 Å². The molecule has 114 valence electrons. The van der Waals surface area contributed by atoms with E-state index in [1.165, 1.54) is 0 Å². The van der Waals surface area contributed by atoms with Crippen LogP contribution in [0.4, 0.5) is 0 Å². The van der Waals surface area contributed by atoms with Crippen LogP contribution in [-0.4, -0.2) is 41.4 Å². The molecule has 6 heteroatoms. The van der Waals surface area contributed by atoms with Gasteiger partial charge in [0.1, 0.15) is 0 Å². The van der Waals surface area contributed by atoms with E-state index in [-0.39, 0.29) is 11.4 Å². The summed E-state index contributed by atoms with van der Waals surface area (Å²) in [6, 6.07) is 6.74. The Bertz CT molecular complexity index is 470. The number of aryl methyl sites for hydroxylation is 1. The normalized spacial score (nSPS) is 11.7. The van der Waals surface area contributed by atoms with Crippen molar-refractivity contribution >= 4 is 10.0 Å². The summed E-state index contributed by atoms with van der Waals surface area (Å²) in [5.74, 6) is 0. The Morgan fingerprint density at radius 3 is 2.20 bits per heavy atom. The number of rotatable bonds is 10. The molecular weight excluding hydrogens is 278 g/mol. The second-order valence-electron chi connectivity index (χ2n) is 4.44. The molecule has 5 nitrogen and oxygen atoms in total. The van der Waals surface area contributed by atoms with Crippen molar-refractivity contribution in [3.63, 3.8) is 0 Å². The van der Waals surface area contributed by atoms with E-state index in [1.54, 1.807) is 24.3 Å². The first kappa shape index (κ1) is 17.1. The van der Waals surface area contributed by atoms with Gasteiger partial charge in [0.15, 0.2) is 0 Å². The van der Waals surface area contributed by atoms with Gasteiger partial charge in [-0.3, -0.25) is 0 Å². The lowest BCUT2D eigenvalue weighted by molar-refractivity contribution is 0.0502. The highest BCUT2D eigenvalue weighted by atomic mass is 32.2. The topological polar surface area (TPSA) is 64.6 Å². The number of benzene rings is 1. The van der Waals surface area contributed by atoms with Crippen molar-refractivity contribution in [1.29, 1.82) is 0 Å². The molecule has 0 saturated heterocycles. The predicted molar refractivity (Wildman–Crippen MR) is 78.3 cm³/mol. The Hall–Kier alpha value is -0.950. The minimum Gasteiger partial charge on any atom is -0.379 e. The third-order valence-electron chi connectivity index (χ3n) is 2.59. The zero-order chi connectivity index (χ0) is 14.8. The fraction of sp³-hybridized carbons (Fsp3) is 0.571. The van der Waals surface area contributed by atoms with Crippen molar-refractivity contribution in [2.24, 2.45) is 0 Å². The quantitative estimate of drug-likeness (QED) is 0.668. The molecule has 0 bridgehead atoms. The molecular formula is C14H23NO4S. The molecule has 0 fully saturated rings. The van der Waals surface area contributed by atoms with Crippen LogP contribution in [0.5, 0.6) is 0 Å². The lowest BCUT2D eigenvalue weighted by Gasteiger charge is -2.08. The van der Waals surface area contributed by atoms with Crippen LogP contribution in [0.1, 0.15) is 18.9 Å². The number of ether oxygens (including phenoxy) is 2. The van der Waals surface area contributed by atoms with Crippen molar-refractivity contribution in [3.8, 4) is 0 Å². The Balaban J connectivity index is 2.22. The lowest BCUT2D eigenvalue weighted by atomic mass is 10.2. The minimum absolute atomic E-state index is 0.254. The highest BCUT2D eigenvalue weighted by molar-refractivity contribution is 7.89. The number of hydrogen-bond donors (Lipinski definition) is 1. The van der Waals surface area contributed by atoms with E-state index in [9.17, 15) is 8.42 Å². The second kappa shape index (κ2) is 9.07. The zero-order valence-corrected chi connectivity index (χ0v) is 12.9. The van der Waals surface area contributed by atoms with Crippen LogP contribution >= 0.6 is 0 Å². The Morgan fingerprint density at radius 2 is 1.60 bits per heavy atom. The van der Waals surface area contributed by atoms with Gasteiger partial charge in [0, 0.05) is 13.2 Å². The van der Waals surface area contributed by atoms with Gasteiger partial charge in [-0.05, 0) is 25.5 Å². The standard InChI is InChI=1S/C14H23NO4S/c1-3-9-18-11-12-19-10-8-15-20(16,17)14-6-4-13(2)5-7-14/h4-7,15H,3,8-12H2,1-2H3. The number of nitrogens with one attached hydrogen (secondary N) is 1. The first-order valence-electron chi connectivity index (χ1n) is 6.78. The molecule has 0 saturated carbocycles. The van der Waals surface area contributed by atoms with Gasteiger partial charge in [-0.1, -0.05) is 24.6 Å². The van der Waals surface area contributed by atoms with Crippen LogP contribution in [0.2, 0.25) is 0 Å². The third kappa shape index (κ3) is 6.47. The second-order valence-corrected chi connectivity index (χ2v) is 6.20. The van der Waals surface area contributed by atoms with E-state index in [4.69, 9.17) is 9.47 Å². The van der Waals surface area contributed by atoms with E-state index < -0.39 is 10.0 Å². The molecule has 0 unspecified atom stereocenters. The molecule has 20 heavy (non-hydrogen) atoms. The fourth-order valence-electron chi connectivity index (χ4n) is 1.52. The van der Waals surface area contributed by atoms with Crippen LogP contribution in [0.3, 0.4) is 0 Å². The summed E-state index contributed by atoms with van der Waals surface area (Å²) in [4.78, 5) is 0.273. The highest BCUT2D eigenvalue weighted by Crippen LogP contribution is 2.09. The Labute approximate surface area is 121 Å². The van der Waals surface area contributed by atoms with Crippen LogP contribution in [-0.2, 0) is 19.5 Å². The van der Waals surface area contributed by atoms with Crippen molar-refractivity contribution < 1.29 is 17.9 Å². The first-order valence-corrected chi connectivity index (χ1v) is 8.26. The summed E-state index contributed by atoms with van der Waals surface area (Å²) in [7, 11) is -3.44. The van der Waals surface area contributed by atoms with Gasteiger partial charge in [0.05, 0.1) is 24.7 Å². The Kier molecular flexibility index (Phi) is 7.76. The molecule has 1 rings (SSSR count). The van der Waals surface area contributed by atoms with Crippen LogP contribution < -0.4 is 4.72 Å². The molecule has 0 aliphatic rings. The van der Waals surface area contributed by atoms with Gasteiger partial charge < -0.3 is 9.47 Å². The lowest BCUT2D eigenvalue weighted by Crippen LogP contribution is -2.27. The van der Waals surface area contributed by atoms with E-state index in [2.05, 4.69) is 4.72 Å². The summed E-state index contributed by atoms with van der Waals surface area (Å²) >= 11 is 0. The van der Waals surface area contributed by atoms with E-state index in [0.717, 1.165) is 18.6 Å². The van der Waals surface area contributed by atoms with Crippen LogP contribution in [0, 0.1) is 6.92 Å².